The van der Waals surface area contributed by atoms with E-state index in [1.54, 1.807) is 19.1 Å². The van der Waals surface area contributed by atoms with E-state index in [9.17, 15) is 9.18 Å². The van der Waals surface area contributed by atoms with Crippen molar-refractivity contribution in [2.75, 3.05) is 6.61 Å². The molecule has 0 radical (unpaired) electrons. The molecule has 0 aromatic heterocycles. The van der Waals surface area contributed by atoms with E-state index in [-0.39, 0.29) is 24.2 Å². The van der Waals surface area contributed by atoms with Crippen molar-refractivity contribution in [1.29, 1.82) is 0 Å². The summed E-state index contributed by atoms with van der Waals surface area (Å²) in [4.78, 5) is 11.2. The van der Waals surface area contributed by atoms with Gasteiger partial charge in [0, 0.05) is 5.56 Å². The predicted molar refractivity (Wildman–Crippen MR) is 53.3 cm³/mol. The highest BCUT2D eigenvalue weighted by Crippen LogP contribution is 2.13. The highest BCUT2D eigenvalue weighted by molar-refractivity contribution is 5.70. The topological polar surface area (TPSA) is 53.9 Å². The molecule has 1 atom stereocenters. The normalized spacial score (nSPS) is 12.2. The maximum Gasteiger partial charge on any atom is 0.312 e. The molecule has 0 unspecified atom stereocenters. The van der Waals surface area contributed by atoms with Crippen LogP contribution in [-0.2, 0) is 9.53 Å². The Morgan fingerprint density at radius 2 is 2.33 bits per heavy atom. The predicted octanol–water partition coefficient (Wildman–Crippen LogP) is 1.06. The second kappa shape index (κ2) is 5.46. The minimum atomic E-state index is -0.315. The number of quaternary nitrogens is 1. The molecule has 0 aliphatic carbocycles. The standard InChI is InChI=1S/C11H14FNO2/c1-2-15-11(14)7-10(13)8-4-3-5-9(12)6-8/h3-6,10H,2,7,13H2,1H3/p+1/t10-/m0/s1. The van der Waals surface area contributed by atoms with Gasteiger partial charge in [-0.15, -0.1) is 0 Å². The molecule has 1 aromatic carbocycles. The quantitative estimate of drug-likeness (QED) is 0.759. The van der Waals surface area contributed by atoms with Crippen LogP contribution < -0.4 is 5.73 Å². The van der Waals surface area contributed by atoms with Crippen molar-refractivity contribution in [2.24, 2.45) is 0 Å². The minimum absolute atomic E-state index is 0.178. The Morgan fingerprint density at radius 3 is 2.93 bits per heavy atom. The lowest BCUT2D eigenvalue weighted by Gasteiger charge is -2.08. The van der Waals surface area contributed by atoms with Crippen LogP contribution in [0.4, 0.5) is 4.39 Å². The summed E-state index contributed by atoms with van der Waals surface area (Å²) < 4.78 is 17.7. The van der Waals surface area contributed by atoms with Crippen LogP contribution in [0.5, 0.6) is 0 Å². The third-order valence-electron chi connectivity index (χ3n) is 2.04. The smallest absolute Gasteiger partial charge is 0.312 e. The zero-order valence-corrected chi connectivity index (χ0v) is 8.70. The van der Waals surface area contributed by atoms with E-state index >= 15 is 0 Å². The molecule has 15 heavy (non-hydrogen) atoms. The molecule has 0 heterocycles. The summed E-state index contributed by atoms with van der Waals surface area (Å²) in [7, 11) is 0. The third-order valence-corrected chi connectivity index (χ3v) is 2.04. The fourth-order valence-corrected chi connectivity index (χ4v) is 1.30. The molecule has 0 saturated carbocycles. The van der Waals surface area contributed by atoms with E-state index in [2.05, 4.69) is 5.73 Å². The van der Waals surface area contributed by atoms with Crippen molar-refractivity contribution >= 4 is 5.97 Å². The van der Waals surface area contributed by atoms with Crippen molar-refractivity contribution in [1.82, 2.24) is 0 Å². The molecule has 0 saturated heterocycles. The van der Waals surface area contributed by atoms with Gasteiger partial charge in [0.2, 0.25) is 0 Å². The SMILES string of the molecule is CCOC(=O)C[C@H]([NH3+])c1cccc(F)c1. The molecule has 4 heteroatoms. The van der Waals surface area contributed by atoms with Crippen LogP contribution in [0.1, 0.15) is 24.9 Å². The van der Waals surface area contributed by atoms with Crippen molar-refractivity contribution in [2.45, 2.75) is 19.4 Å². The Balaban J connectivity index is 2.60. The first-order chi connectivity index (χ1) is 7.13. The zero-order valence-electron chi connectivity index (χ0n) is 8.70. The van der Waals surface area contributed by atoms with Gasteiger partial charge in [0.1, 0.15) is 18.3 Å². The molecule has 1 rings (SSSR count). The van der Waals surface area contributed by atoms with Crippen LogP contribution in [-0.4, -0.2) is 12.6 Å². The average molecular weight is 212 g/mol. The first-order valence-corrected chi connectivity index (χ1v) is 4.87. The molecular weight excluding hydrogens is 197 g/mol. The molecule has 0 aliphatic rings. The first kappa shape index (κ1) is 11.7. The van der Waals surface area contributed by atoms with Gasteiger partial charge in [-0.05, 0) is 19.1 Å². The summed E-state index contributed by atoms with van der Waals surface area (Å²) in [6.07, 6.45) is 0.178. The van der Waals surface area contributed by atoms with Gasteiger partial charge in [-0.2, -0.15) is 0 Å². The largest absolute Gasteiger partial charge is 0.466 e. The molecule has 1 aromatic rings. The van der Waals surface area contributed by atoms with Gasteiger partial charge < -0.3 is 10.5 Å². The molecule has 3 nitrogen and oxygen atoms in total. The molecule has 0 amide bonds. The number of halogens is 1. The summed E-state index contributed by atoms with van der Waals surface area (Å²) in [6, 6.07) is 5.84. The number of rotatable bonds is 4. The van der Waals surface area contributed by atoms with Gasteiger partial charge in [-0.1, -0.05) is 12.1 Å². The summed E-state index contributed by atoms with van der Waals surface area (Å²) in [5, 5.41) is 0. The monoisotopic (exact) mass is 212 g/mol. The van der Waals surface area contributed by atoms with E-state index in [1.165, 1.54) is 12.1 Å². The lowest BCUT2D eigenvalue weighted by atomic mass is 10.1. The maximum absolute atomic E-state index is 12.9. The number of benzene rings is 1. The number of hydrogen-bond donors (Lipinski definition) is 1. The van der Waals surface area contributed by atoms with Crippen molar-refractivity contribution in [3.8, 4) is 0 Å². The van der Waals surface area contributed by atoms with Crippen molar-refractivity contribution in [3.05, 3.63) is 35.6 Å². The van der Waals surface area contributed by atoms with E-state index in [0.717, 1.165) is 0 Å². The first-order valence-electron chi connectivity index (χ1n) is 4.87. The van der Waals surface area contributed by atoms with Gasteiger partial charge in [0.05, 0.1) is 6.61 Å². The number of esters is 1. The summed E-state index contributed by atoms with van der Waals surface area (Å²) >= 11 is 0. The molecular formula is C11H15FNO2+. The second-order valence-electron chi connectivity index (χ2n) is 3.26. The molecule has 0 fully saturated rings. The Bertz CT molecular complexity index is 341. The fraction of sp³-hybridized carbons (Fsp3) is 0.364. The Morgan fingerprint density at radius 1 is 1.60 bits per heavy atom. The van der Waals surface area contributed by atoms with Gasteiger partial charge in [0.25, 0.3) is 0 Å². The summed E-state index contributed by atoms with van der Waals surface area (Å²) in [5.41, 5.74) is 4.52. The van der Waals surface area contributed by atoms with E-state index in [0.29, 0.717) is 12.2 Å². The van der Waals surface area contributed by atoms with Gasteiger partial charge in [0.15, 0.2) is 0 Å². The maximum atomic E-state index is 12.9. The second-order valence-corrected chi connectivity index (χ2v) is 3.26. The average Bonchev–Trinajstić information content (AvgIpc) is 2.18. The highest BCUT2D eigenvalue weighted by Gasteiger charge is 2.15. The summed E-state index contributed by atoms with van der Waals surface area (Å²) in [5.74, 6) is -0.619. The van der Waals surface area contributed by atoms with Crippen LogP contribution in [0.3, 0.4) is 0 Å². The highest BCUT2D eigenvalue weighted by atomic mass is 19.1. The fourth-order valence-electron chi connectivity index (χ4n) is 1.30. The van der Waals surface area contributed by atoms with Crippen LogP contribution in [0, 0.1) is 5.82 Å². The number of carbonyl (C=O) groups excluding carboxylic acids is 1. The molecule has 0 spiro atoms. The van der Waals surface area contributed by atoms with Gasteiger partial charge in [-0.25, -0.2) is 4.39 Å². The number of carbonyl (C=O) groups is 1. The van der Waals surface area contributed by atoms with Crippen molar-refractivity contribution < 1.29 is 19.7 Å². The molecule has 82 valence electrons. The molecule has 3 N–H and O–H groups in total. The van der Waals surface area contributed by atoms with E-state index < -0.39 is 0 Å². The zero-order chi connectivity index (χ0) is 11.3. The lowest BCUT2D eigenvalue weighted by Crippen LogP contribution is -2.54. The van der Waals surface area contributed by atoms with Gasteiger partial charge in [-0.3, -0.25) is 4.79 Å². The lowest BCUT2D eigenvalue weighted by molar-refractivity contribution is -0.425. The Kier molecular flexibility index (Phi) is 4.24. The van der Waals surface area contributed by atoms with E-state index in [1.807, 2.05) is 0 Å². The van der Waals surface area contributed by atoms with Gasteiger partial charge >= 0.3 is 5.97 Å². The Labute approximate surface area is 88.0 Å². The minimum Gasteiger partial charge on any atom is -0.466 e. The number of hydrogen-bond acceptors (Lipinski definition) is 2. The van der Waals surface area contributed by atoms with Crippen LogP contribution >= 0.6 is 0 Å². The summed E-state index contributed by atoms with van der Waals surface area (Å²) in [6.45, 7) is 2.10. The molecule has 0 aliphatic heterocycles. The third kappa shape index (κ3) is 3.67. The number of ether oxygens (including phenoxy) is 1. The van der Waals surface area contributed by atoms with Crippen molar-refractivity contribution in [3.63, 3.8) is 0 Å². The van der Waals surface area contributed by atoms with Crippen LogP contribution in [0.25, 0.3) is 0 Å². The van der Waals surface area contributed by atoms with Crippen LogP contribution in [0.15, 0.2) is 24.3 Å². The van der Waals surface area contributed by atoms with Crippen LogP contribution in [0.2, 0.25) is 0 Å². The molecule has 0 bridgehead atoms. The Hall–Kier alpha value is -1.42. The van der Waals surface area contributed by atoms with E-state index in [4.69, 9.17) is 4.74 Å².